The van der Waals surface area contributed by atoms with E-state index in [9.17, 15) is 9.59 Å². The maximum absolute atomic E-state index is 12.2. The molecule has 2 amide bonds. The molecule has 0 fully saturated rings. The topological polar surface area (TPSA) is 83.4 Å². The van der Waals surface area contributed by atoms with Crippen LogP contribution < -0.4 is 16.0 Å². The molecule has 0 spiro atoms. The first kappa shape index (κ1) is 27.6. The van der Waals surface area contributed by atoms with Gasteiger partial charge in [-0.2, -0.15) is 0 Å². The van der Waals surface area contributed by atoms with Crippen LogP contribution in [-0.2, 0) is 11.3 Å². The molecule has 2 rings (SSSR count). The molecule has 0 atom stereocenters. The van der Waals surface area contributed by atoms with E-state index in [1.165, 1.54) is 57.8 Å². The van der Waals surface area contributed by atoms with E-state index in [0.717, 1.165) is 12.8 Å². The van der Waals surface area contributed by atoms with Gasteiger partial charge in [-0.3, -0.25) is 9.59 Å². The highest BCUT2D eigenvalue weighted by molar-refractivity contribution is 7.80. The van der Waals surface area contributed by atoms with Crippen LogP contribution in [0.25, 0.3) is 0 Å². The standard InChI is InChI=1S/C27H39N3O3S/c1-2-3-4-5-6-7-8-9-10-11-12-15-25(31)30-27(34)29-23-18-16-22(17-19-23)26(32)28-21-24-14-13-20-33-24/h13-14,16-20H,2-12,15,21H2,1H3,(H,28,32)(H2,29,30,31,34). The summed E-state index contributed by atoms with van der Waals surface area (Å²) in [5.41, 5.74) is 1.24. The van der Waals surface area contributed by atoms with E-state index < -0.39 is 0 Å². The fraction of sp³-hybridized carbons (Fsp3) is 0.519. The molecule has 1 aromatic heterocycles. The molecule has 0 saturated heterocycles. The Hall–Kier alpha value is -2.67. The highest BCUT2D eigenvalue weighted by atomic mass is 32.1. The van der Waals surface area contributed by atoms with Gasteiger partial charge in [-0.15, -0.1) is 0 Å². The van der Waals surface area contributed by atoms with Crippen molar-refractivity contribution in [3.8, 4) is 0 Å². The fourth-order valence-corrected chi connectivity index (χ4v) is 3.92. The Labute approximate surface area is 209 Å². The Morgan fingerprint density at radius 3 is 2.06 bits per heavy atom. The maximum Gasteiger partial charge on any atom is 0.251 e. The van der Waals surface area contributed by atoms with E-state index in [4.69, 9.17) is 16.6 Å². The molecular weight excluding hydrogens is 446 g/mol. The van der Waals surface area contributed by atoms with Crippen LogP contribution in [0.15, 0.2) is 47.1 Å². The predicted octanol–water partition coefficient (Wildman–Crippen LogP) is 6.72. The lowest BCUT2D eigenvalue weighted by molar-refractivity contribution is -0.119. The van der Waals surface area contributed by atoms with Gasteiger partial charge in [-0.1, -0.05) is 71.1 Å². The van der Waals surface area contributed by atoms with Gasteiger partial charge < -0.3 is 20.4 Å². The molecule has 0 aliphatic carbocycles. The predicted molar refractivity (Wildman–Crippen MR) is 142 cm³/mol. The first-order chi connectivity index (χ1) is 16.6. The summed E-state index contributed by atoms with van der Waals surface area (Å²) in [5.74, 6) is 0.439. The Balaban J connectivity index is 1.53. The highest BCUT2D eigenvalue weighted by Gasteiger charge is 2.08. The summed E-state index contributed by atoms with van der Waals surface area (Å²) < 4.78 is 5.20. The summed E-state index contributed by atoms with van der Waals surface area (Å²) in [6, 6.07) is 10.5. The lowest BCUT2D eigenvalue weighted by atomic mass is 10.1. The van der Waals surface area contributed by atoms with Gasteiger partial charge in [0.1, 0.15) is 5.76 Å². The Kier molecular flexibility index (Phi) is 13.7. The lowest BCUT2D eigenvalue weighted by Gasteiger charge is -2.10. The monoisotopic (exact) mass is 485 g/mol. The van der Waals surface area contributed by atoms with Crippen molar-refractivity contribution >= 4 is 34.8 Å². The summed E-state index contributed by atoms with van der Waals surface area (Å²) in [6.45, 7) is 2.58. The number of hydrogen-bond donors (Lipinski definition) is 3. The second kappa shape index (κ2) is 16.9. The zero-order valence-electron chi connectivity index (χ0n) is 20.4. The van der Waals surface area contributed by atoms with Gasteiger partial charge in [0.05, 0.1) is 12.8 Å². The first-order valence-corrected chi connectivity index (χ1v) is 13.0. The zero-order valence-corrected chi connectivity index (χ0v) is 21.2. The molecular formula is C27H39N3O3S. The van der Waals surface area contributed by atoms with Crippen molar-refractivity contribution in [3.05, 3.63) is 54.0 Å². The SMILES string of the molecule is CCCCCCCCCCCCCC(=O)NC(=S)Nc1ccc(C(=O)NCc2ccco2)cc1. The zero-order chi connectivity index (χ0) is 24.4. The molecule has 7 heteroatoms. The summed E-state index contributed by atoms with van der Waals surface area (Å²) in [4.78, 5) is 24.3. The number of anilines is 1. The highest BCUT2D eigenvalue weighted by Crippen LogP contribution is 2.12. The molecule has 0 aliphatic heterocycles. The maximum atomic E-state index is 12.2. The summed E-state index contributed by atoms with van der Waals surface area (Å²) in [5, 5.41) is 8.78. The molecule has 2 aromatic rings. The average Bonchev–Trinajstić information content (AvgIpc) is 3.35. The quantitative estimate of drug-likeness (QED) is 0.181. The average molecular weight is 486 g/mol. The van der Waals surface area contributed by atoms with Gasteiger partial charge in [0, 0.05) is 17.7 Å². The molecule has 186 valence electrons. The molecule has 1 aromatic carbocycles. The molecule has 0 saturated carbocycles. The molecule has 0 radical (unpaired) electrons. The van der Waals surface area contributed by atoms with Crippen molar-refractivity contribution in [1.29, 1.82) is 0 Å². The van der Waals surface area contributed by atoms with Crippen molar-refractivity contribution < 1.29 is 14.0 Å². The van der Waals surface area contributed by atoms with E-state index in [1.807, 2.05) is 0 Å². The number of unbranched alkanes of at least 4 members (excludes halogenated alkanes) is 10. The number of thiocarbonyl (C=S) groups is 1. The van der Waals surface area contributed by atoms with Gasteiger partial charge in [0.15, 0.2) is 5.11 Å². The van der Waals surface area contributed by atoms with E-state index in [1.54, 1.807) is 42.7 Å². The lowest BCUT2D eigenvalue weighted by Crippen LogP contribution is -2.33. The van der Waals surface area contributed by atoms with E-state index in [2.05, 4.69) is 22.9 Å². The normalized spacial score (nSPS) is 10.6. The van der Waals surface area contributed by atoms with Gasteiger partial charge in [-0.25, -0.2) is 0 Å². The minimum absolute atomic E-state index is 0.0673. The molecule has 6 nitrogen and oxygen atoms in total. The summed E-state index contributed by atoms with van der Waals surface area (Å²) in [7, 11) is 0. The summed E-state index contributed by atoms with van der Waals surface area (Å²) >= 11 is 5.24. The third-order valence-electron chi connectivity index (χ3n) is 5.67. The smallest absolute Gasteiger partial charge is 0.251 e. The minimum Gasteiger partial charge on any atom is -0.467 e. The number of amides is 2. The number of benzene rings is 1. The molecule has 0 bridgehead atoms. The molecule has 3 N–H and O–H groups in total. The van der Waals surface area contributed by atoms with Crippen LogP contribution in [0.2, 0.25) is 0 Å². The first-order valence-electron chi connectivity index (χ1n) is 12.6. The Bertz CT molecular complexity index is 851. The molecule has 34 heavy (non-hydrogen) atoms. The van der Waals surface area contributed by atoms with E-state index in [-0.39, 0.29) is 16.9 Å². The van der Waals surface area contributed by atoms with Crippen LogP contribution in [-0.4, -0.2) is 16.9 Å². The third kappa shape index (κ3) is 12.0. The van der Waals surface area contributed by atoms with Crippen LogP contribution in [0.1, 0.15) is 100 Å². The van der Waals surface area contributed by atoms with Crippen LogP contribution in [0.4, 0.5) is 5.69 Å². The van der Waals surface area contributed by atoms with Crippen LogP contribution >= 0.6 is 12.2 Å². The second-order valence-electron chi connectivity index (χ2n) is 8.63. The van der Waals surface area contributed by atoms with Gasteiger partial charge in [-0.05, 0) is 55.0 Å². The van der Waals surface area contributed by atoms with Crippen LogP contribution in [0, 0.1) is 0 Å². The molecule has 0 unspecified atom stereocenters. The van der Waals surface area contributed by atoms with Crippen molar-refractivity contribution in [3.63, 3.8) is 0 Å². The van der Waals surface area contributed by atoms with Crippen LogP contribution in [0.5, 0.6) is 0 Å². The second-order valence-corrected chi connectivity index (χ2v) is 9.04. The van der Waals surface area contributed by atoms with Gasteiger partial charge >= 0.3 is 0 Å². The van der Waals surface area contributed by atoms with Gasteiger partial charge in [0.25, 0.3) is 5.91 Å². The minimum atomic E-state index is -0.189. The number of hydrogen-bond acceptors (Lipinski definition) is 4. The van der Waals surface area contributed by atoms with Crippen molar-refractivity contribution in [2.45, 2.75) is 90.5 Å². The fourth-order valence-electron chi connectivity index (χ4n) is 3.69. The van der Waals surface area contributed by atoms with Crippen molar-refractivity contribution in [1.82, 2.24) is 10.6 Å². The number of furan rings is 1. The Morgan fingerprint density at radius 2 is 1.47 bits per heavy atom. The van der Waals surface area contributed by atoms with Crippen molar-refractivity contribution in [2.75, 3.05) is 5.32 Å². The summed E-state index contributed by atoms with van der Waals surface area (Å²) in [6.07, 6.45) is 15.8. The van der Waals surface area contributed by atoms with E-state index >= 15 is 0 Å². The number of carbonyl (C=O) groups is 2. The third-order valence-corrected chi connectivity index (χ3v) is 5.87. The van der Waals surface area contributed by atoms with E-state index in [0.29, 0.717) is 30.0 Å². The molecule has 0 aliphatic rings. The number of rotatable bonds is 16. The van der Waals surface area contributed by atoms with Crippen LogP contribution in [0.3, 0.4) is 0 Å². The molecule has 1 heterocycles. The largest absolute Gasteiger partial charge is 0.467 e. The Morgan fingerprint density at radius 1 is 0.853 bits per heavy atom. The van der Waals surface area contributed by atoms with Gasteiger partial charge in [0.2, 0.25) is 5.91 Å². The van der Waals surface area contributed by atoms with Crippen molar-refractivity contribution in [2.24, 2.45) is 0 Å². The number of nitrogens with one attached hydrogen (secondary N) is 3. The number of carbonyl (C=O) groups excluding carboxylic acids is 2.